The number of hydrogen-bond donors (Lipinski definition) is 1. The van der Waals surface area contributed by atoms with E-state index >= 15 is 0 Å². The first-order chi connectivity index (χ1) is 5.47. The molecule has 0 bridgehead atoms. The second-order valence-electron chi connectivity index (χ2n) is 4.51. The van der Waals surface area contributed by atoms with Gasteiger partial charge in [0.2, 0.25) is 0 Å². The second kappa shape index (κ2) is 3.44. The van der Waals surface area contributed by atoms with Gasteiger partial charge >= 0.3 is 5.97 Å². The van der Waals surface area contributed by atoms with Crippen LogP contribution < -0.4 is 5.32 Å². The van der Waals surface area contributed by atoms with Gasteiger partial charge in [0.1, 0.15) is 6.10 Å². The van der Waals surface area contributed by atoms with Gasteiger partial charge in [-0.05, 0) is 5.41 Å². The number of rotatable bonds is 2. The molecule has 1 saturated heterocycles. The molecule has 3 nitrogen and oxygen atoms in total. The normalized spacial score (nSPS) is 18.6. The van der Waals surface area contributed by atoms with Gasteiger partial charge in [-0.3, -0.25) is 4.79 Å². The Bertz CT molecular complexity index is 168. The van der Waals surface area contributed by atoms with Crippen molar-refractivity contribution in [2.75, 3.05) is 13.1 Å². The fraction of sp³-hybridized carbons (Fsp3) is 0.889. The van der Waals surface area contributed by atoms with Crippen LogP contribution in [0.15, 0.2) is 0 Å². The number of carbonyl (C=O) groups is 1. The van der Waals surface area contributed by atoms with Gasteiger partial charge in [-0.2, -0.15) is 0 Å². The van der Waals surface area contributed by atoms with Gasteiger partial charge in [-0.1, -0.05) is 20.8 Å². The molecule has 1 N–H and O–H groups in total. The maximum Gasteiger partial charge on any atom is 0.306 e. The average Bonchev–Trinajstić information content (AvgIpc) is 1.74. The molecule has 1 heterocycles. The van der Waals surface area contributed by atoms with Crippen molar-refractivity contribution in [2.45, 2.75) is 33.3 Å². The first kappa shape index (κ1) is 9.52. The van der Waals surface area contributed by atoms with Crippen LogP contribution in [-0.4, -0.2) is 25.2 Å². The first-order valence-corrected chi connectivity index (χ1v) is 4.37. The minimum Gasteiger partial charge on any atom is -0.460 e. The molecular formula is C9H17NO2. The minimum absolute atomic E-state index is 0.0360. The Balaban J connectivity index is 2.19. The van der Waals surface area contributed by atoms with E-state index in [-0.39, 0.29) is 17.5 Å². The molecule has 0 aliphatic carbocycles. The highest BCUT2D eigenvalue weighted by atomic mass is 16.5. The van der Waals surface area contributed by atoms with Crippen molar-refractivity contribution in [1.82, 2.24) is 5.32 Å². The quantitative estimate of drug-likeness (QED) is 0.628. The Kier molecular flexibility index (Phi) is 2.73. The van der Waals surface area contributed by atoms with E-state index in [1.54, 1.807) is 0 Å². The van der Waals surface area contributed by atoms with Gasteiger partial charge in [-0.25, -0.2) is 0 Å². The third-order valence-corrected chi connectivity index (χ3v) is 1.72. The van der Waals surface area contributed by atoms with E-state index in [0.717, 1.165) is 13.1 Å². The maximum absolute atomic E-state index is 11.2. The van der Waals surface area contributed by atoms with Crippen LogP contribution in [0.2, 0.25) is 0 Å². The van der Waals surface area contributed by atoms with Crippen molar-refractivity contribution < 1.29 is 9.53 Å². The second-order valence-corrected chi connectivity index (χ2v) is 4.51. The molecule has 0 aromatic rings. The van der Waals surface area contributed by atoms with Crippen LogP contribution in [0, 0.1) is 5.41 Å². The fourth-order valence-electron chi connectivity index (χ4n) is 1.01. The molecule has 70 valence electrons. The topological polar surface area (TPSA) is 38.3 Å². The summed E-state index contributed by atoms with van der Waals surface area (Å²) in [5.74, 6) is -0.0750. The highest BCUT2D eigenvalue weighted by molar-refractivity contribution is 5.70. The predicted octanol–water partition coefficient (Wildman–Crippen LogP) is 0.938. The molecule has 12 heavy (non-hydrogen) atoms. The lowest BCUT2D eigenvalue weighted by Gasteiger charge is -2.28. The van der Waals surface area contributed by atoms with Gasteiger partial charge in [0.25, 0.3) is 0 Å². The lowest BCUT2D eigenvalue weighted by molar-refractivity contribution is -0.153. The van der Waals surface area contributed by atoms with Crippen molar-refractivity contribution in [3.63, 3.8) is 0 Å². The zero-order valence-corrected chi connectivity index (χ0v) is 8.02. The summed E-state index contributed by atoms with van der Waals surface area (Å²) in [5, 5.41) is 3.05. The summed E-state index contributed by atoms with van der Waals surface area (Å²) >= 11 is 0. The van der Waals surface area contributed by atoms with Crippen molar-refractivity contribution in [3.8, 4) is 0 Å². The van der Waals surface area contributed by atoms with E-state index < -0.39 is 0 Å². The minimum atomic E-state index is -0.0750. The molecule has 0 aromatic heterocycles. The van der Waals surface area contributed by atoms with Crippen molar-refractivity contribution >= 4 is 5.97 Å². The zero-order valence-electron chi connectivity index (χ0n) is 8.02. The molecule has 0 spiro atoms. The van der Waals surface area contributed by atoms with Gasteiger partial charge in [0.15, 0.2) is 0 Å². The summed E-state index contributed by atoms with van der Waals surface area (Å²) in [7, 11) is 0. The van der Waals surface area contributed by atoms with E-state index in [0.29, 0.717) is 6.42 Å². The Morgan fingerprint density at radius 2 is 2.08 bits per heavy atom. The summed E-state index contributed by atoms with van der Waals surface area (Å²) in [5.41, 5.74) is 0.0360. The molecule has 3 heteroatoms. The van der Waals surface area contributed by atoms with Crippen LogP contribution in [-0.2, 0) is 9.53 Å². The SMILES string of the molecule is CC(C)(C)CC(=O)OC1CNC1. The lowest BCUT2D eigenvalue weighted by atomic mass is 9.92. The number of ether oxygens (including phenoxy) is 1. The summed E-state index contributed by atoms with van der Waals surface area (Å²) in [4.78, 5) is 11.2. The fourth-order valence-corrected chi connectivity index (χ4v) is 1.01. The van der Waals surface area contributed by atoms with E-state index in [1.165, 1.54) is 0 Å². The number of hydrogen-bond acceptors (Lipinski definition) is 3. The van der Waals surface area contributed by atoms with E-state index in [1.807, 2.05) is 20.8 Å². The lowest BCUT2D eigenvalue weighted by Crippen LogP contribution is -2.49. The Morgan fingerprint density at radius 1 is 1.50 bits per heavy atom. The van der Waals surface area contributed by atoms with Crippen molar-refractivity contribution in [2.24, 2.45) is 5.41 Å². The molecule has 1 aliphatic heterocycles. The summed E-state index contributed by atoms with van der Waals surface area (Å²) in [6.07, 6.45) is 0.628. The number of nitrogens with one attached hydrogen (secondary N) is 1. The highest BCUT2D eigenvalue weighted by Gasteiger charge is 2.23. The molecule has 1 aliphatic rings. The van der Waals surface area contributed by atoms with Crippen molar-refractivity contribution in [1.29, 1.82) is 0 Å². The van der Waals surface area contributed by atoms with Crippen LogP contribution in [0.1, 0.15) is 27.2 Å². The first-order valence-electron chi connectivity index (χ1n) is 4.37. The maximum atomic E-state index is 11.2. The van der Waals surface area contributed by atoms with Crippen LogP contribution in [0.4, 0.5) is 0 Å². The number of carbonyl (C=O) groups excluding carboxylic acids is 1. The predicted molar refractivity (Wildman–Crippen MR) is 46.8 cm³/mol. The molecule has 0 atom stereocenters. The van der Waals surface area contributed by atoms with Crippen LogP contribution in [0.3, 0.4) is 0 Å². The average molecular weight is 171 g/mol. The van der Waals surface area contributed by atoms with Crippen LogP contribution in [0.25, 0.3) is 0 Å². The molecular weight excluding hydrogens is 154 g/mol. The molecule has 1 fully saturated rings. The number of esters is 1. The van der Waals surface area contributed by atoms with E-state index in [2.05, 4.69) is 5.32 Å². The molecule has 0 saturated carbocycles. The molecule has 0 amide bonds. The standard InChI is InChI=1S/C9H17NO2/c1-9(2,3)4-8(11)12-7-5-10-6-7/h7,10H,4-6H2,1-3H3. The molecule has 0 aromatic carbocycles. The Morgan fingerprint density at radius 3 is 2.42 bits per heavy atom. The molecule has 0 unspecified atom stereocenters. The summed E-state index contributed by atoms with van der Waals surface area (Å²) in [6.45, 7) is 7.74. The largest absolute Gasteiger partial charge is 0.460 e. The molecule has 0 radical (unpaired) electrons. The highest BCUT2D eigenvalue weighted by Crippen LogP contribution is 2.19. The Hall–Kier alpha value is -0.570. The van der Waals surface area contributed by atoms with Crippen molar-refractivity contribution in [3.05, 3.63) is 0 Å². The third kappa shape index (κ3) is 3.22. The van der Waals surface area contributed by atoms with E-state index in [9.17, 15) is 4.79 Å². The van der Waals surface area contributed by atoms with Crippen LogP contribution >= 0.6 is 0 Å². The van der Waals surface area contributed by atoms with Gasteiger partial charge < -0.3 is 10.1 Å². The Labute approximate surface area is 73.5 Å². The summed E-state index contributed by atoms with van der Waals surface area (Å²) < 4.78 is 5.16. The smallest absolute Gasteiger partial charge is 0.306 e. The van der Waals surface area contributed by atoms with E-state index in [4.69, 9.17) is 4.74 Å². The van der Waals surface area contributed by atoms with Gasteiger partial charge in [0.05, 0.1) is 6.42 Å². The molecule has 1 rings (SSSR count). The summed E-state index contributed by atoms with van der Waals surface area (Å²) in [6, 6.07) is 0. The van der Waals surface area contributed by atoms with Crippen LogP contribution in [0.5, 0.6) is 0 Å². The zero-order chi connectivity index (χ0) is 9.19. The monoisotopic (exact) mass is 171 g/mol. The van der Waals surface area contributed by atoms with Gasteiger partial charge in [0, 0.05) is 13.1 Å². The van der Waals surface area contributed by atoms with Gasteiger partial charge in [-0.15, -0.1) is 0 Å². The third-order valence-electron chi connectivity index (χ3n) is 1.72.